The molecule has 0 saturated carbocycles. The van der Waals surface area contributed by atoms with Crippen LogP contribution in [0, 0.1) is 13.8 Å². The van der Waals surface area contributed by atoms with Gasteiger partial charge in [0.25, 0.3) is 0 Å². The number of aryl methyl sites for hydroxylation is 2. The highest BCUT2D eigenvalue weighted by atomic mass is 32.2. The lowest BCUT2D eigenvalue weighted by molar-refractivity contribution is 0.126. The number of sulfonamides is 1. The van der Waals surface area contributed by atoms with Crippen molar-refractivity contribution in [2.45, 2.75) is 25.3 Å². The number of nitrogens with zero attached hydrogens (tertiary/aromatic N) is 1. The molecule has 0 fully saturated rings. The van der Waals surface area contributed by atoms with Crippen molar-refractivity contribution >= 4 is 10.0 Å². The fraction of sp³-hybridized carbons (Fsp3) is 0.357. The van der Waals surface area contributed by atoms with Crippen molar-refractivity contribution in [3.8, 4) is 0 Å². The molecule has 2 rings (SSSR count). The van der Waals surface area contributed by atoms with E-state index in [4.69, 9.17) is 9.26 Å². The largest absolute Gasteiger partial charge is 0.375 e. The van der Waals surface area contributed by atoms with Gasteiger partial charge in [-0.2, -0.15) is 0 Å². The number of aromatic nitrogens is 1. The summed E-state index contributed by atoms with van der Waals surface area (Å²) >= 11 is 0. The van der Waals surface area contributed by atoms with Crippen LogP contribution in [0.1, 0.15) is 17.0 Å². The highest BCUT2D eigenvalue weighted by molar-refractivity contribution is 7.89. The van der Waals surface area contributed by atoms with Crippen LogP contribution in [-0.2, 0) is 21.4 Å². The molecule has 0 amide bonds. The minimum atomic E-state index is -3.61. The highest BCUT2D eigenvalue weighted by Crippen LogP contribution is 2.18. The average molecular weight is 310 g/mol. The molecule has 1 aromatic carbocycles. The van der Waals surface area contributed by atoms with E-state index in [1.54, 1.807) is 13.8 Å². The SMILES string of the molecule is Cc1noc(C)c1S(=O)(=O)NCCOCc1ccccc1. The smallest absolute Gasteiger partial charge is 0.246 e. The molecule has 0 unspecified atom stereocenters. The molecular formula is C14H18N2O4S. The van der Waals surface area contributed by atoms with E-state index >= 15 is 0 Å². The molecule has 1 heterocycles. The summed E-state index contributed by atoms with van der Waals surface area (Å²) < 4.78 is 37.0. The van der Waals surface area contributed by atoms with Crippen LogP contribution in [-0.4, -0.2) is 26.7 Å². The molecule has 0 aliphatic rings. The van der Waals surface area contributed by atoms with Gasteiger partial charge < -0.3 is 9.26 Å². The van der Waals surface area contributed by atoms with Crippen molar-refractivity contribution in [1.82, 2.24) is 9.88 Å². The van der Waals surface area contributed by atoms with Crippen molar-refractivity contribution in [3.05, 3.63) is 47.3 Å². The van der Waals surface area contributed by atoms with Crippen LogP contribution in [0.4, 0.5) is 0 Å². The molecule has 21 heavy (non-hydrogen) atoms. The molecule has 2 aromatic rings. The maximum Gasteiger partial charge on any atom is 0.246 e. The molecule has 0 aliphatic heterocycles. The Hall–Kier alpha value is -1.70. The summed E-state index contributed by atoms with van der Waals surface area (Å²) in [6.45, 7) is 4.10. The lowest BCUT2D eigenvalue weighted by Gasteiger charge is -2.07. The summed E-state index contributed by atoms with van der Waals surface area (Å²) in [4.78, 5) is 0.102. The Labute approximate surface area is 124 Å². The monoisotopic (exact) mass is 310 g/mol. The molecule has 0 spiro atoms. The topological polar surface area (TPSA) is 81.4 Å². The second kappa shape index (κ2) is 6.84. The van der Waals surface area contributed by atoms with Crippen LogP contribution in [0.5, 0.6) is 0 Å². The van der Waals surface area contributed by atoms with E-state index < -0.39 is 10.0 Å². The van der Waals surface area contributed by atoms with Gasteiger partial charge in [0.15, 0.2) is 5.76 Å². The van der Waals surface area contributed by atoms with E-state index in [1.807, 2.05) is 30.3 Å². The van der Waals surface area contributed by atoms with Crippen molar-refractivity contribution in [2.24, 2.45) is 0 Å². The van der Waals surface area contributed by atoms with Crippen molar-refractivity contribution in [3.63, 3.8) is 0 Å². The standard InChI is InChI=1S/C14H18N2O4S/c1-11-14(12(2)20-16-11)21(17,18)15-8-9-19-10-13-6-4-3-5-7-13/h3-7,15H,8-10H2,1-2H3. The van der Waals surface area contributed by atoms with E-state index in [9.17, 15) is 8.42 Å². The number of ether oxygens (including phenoxy) is 1. The fourth-order valence-electron chi connectivity index (χ4n) is 1.94. The van der Waals surface area contributed by atoms with Crippen molar-refractivity contribution < 1.29 is 17.7 Å². The van der Waals surface area contributed by atoms with Crippen molar-refractivity contribution in [1.29, 1.82) is 0 Å². The van der Waals surface area contributed by atoms with Gasteiger partial charge in [0.1, 0.15) is 10.6 Å². The lowest BCUT2D eigenvalue weighted by atomic mass is 10.2. The maximum absolute atomic E-state index is 12.1. The van der Waals surface area contributed by atoms with Gasteiger partial charge in [-0.15, -0.1) is 0 Å². The van der Waals surface area contributed by atoms with Gasteiger partial charge in [-0.3, -0.25) is 0 Å². The molecule has 0 aliphatic carbocycles. The molecule has 7 heteroatoms. The minimum absolute atomic E-state index is 0.102. The van der Waals surface area contributed by atoms with E-state index in [0.717, 1.165) is 5.56 Å². The Morgan fingerprint density at radius 2 is 1.95 bits per heavy atom. The average Bonchev–Trinajstić information content (AvgIpc) is 2.79. The van der Waals surface area contributed by atoms with Crippen LogP contribution in [0.2, 0.25) is 0 Å². The number of hydrogen-bond donors (Lipinski definition) is 1. The van der Waals surface area contributed by atoms with Gasteiger partial charge >= 0.3 is 0 Å². The van der Waals surface area contributed by atoms with Gasteiger partial charge in [-0.1, -0.05) is 35.5 Å². The predicted octanol–water partition coefficient (Wildman–Crippen LogP) is 1.79. The summed E-state index contributed by atoms with van der Waals surface area (Å²) in [7, 11) is -3.61. The van der Waals surface area contributed by atoms with Gasteiger partial charge in [0.2, 0.25) is 10.0 Å². The molecule has 0 saturated heterocycles. The number of hydrogen-bond acceptors (Lipinski definition) is 5. The number of rotatable bonds is 7. The van der Waals surface area contributed by atoms with Crippen LogP contribution in [0.25, 0.3) is 0 Å². The van der Waals surface area contributed by atoms with Crippen LogP contribution >= 0.6 is 0 Å². The van der Waals surface area contributed by atoms with E-state index in [0.29, 0.717) is 12.3 Å². The second-order valence-corrected chi connectivity index (χ2v) is 6.29. The minimum Gasteiger partial charge on any atom is -0.375 e. The third-order valence-corrected chi connectivity index (χ3v) is 4.59. The van der Waals surface area contributed by atoms with Gasteiger partial charge in [0, 0.05) is 6.54 Å². The zero-order valence-corrected chi connectivity index (χ0v) is 12.8. The summed E-state index contributed by atoms with van der Waals surface area (Å²) in [5.74, 6) is 0.283. The molecule has 114 valence electrons. The number of benzene rings is 1. The fourth-order valence-corrected chi connectivity index (χ4v) is 3.28. The first kappa shape index (κ1) is 15.7. The summed E-state index contributed by atoms with van der Waals surface area (Å²) in [6, 6.07) is 9.70. The molecule has 1 N–H and O–H groups in total. The summed E-state index contributed by atoms with van der Waals surface area (Å²) in [5.41, 5.74) is 1.40. The van der Waals surface area contributed by atoms with Crippen molar-refractivity contribution in [2.75, 3.05) is 13.2 Å². The zero-order valence-electron chi connectivity index (χ0n) is 12.0. The third-order valence-electron chi connectivity index (χ3n) is 2.89. The normalized spacial score (nSPS) is 11.7. The molecule has 1 aromatic heterocycles. The Morgan fingerprint density at radius 3 is 2.57 bits per heavy atom. The van der Waals surface area contributed by atoms with Gasteiger partial charge in [-0.05, 0) is 19.4 Å². The first-order valence-corrected chi connectivity index (χ1v) is 8.03. The number of nitrogens with one attached hydrogen (secondary N) is 1. The summed E-state index contributed by atoms with van der Waals surface area (Å²) in [5, 5.41) is 3.64. The quantitative estimate of drug-likeness (QED) is 0.788. The molecule has 0 bridgehead atoms. The van der Waals surface area contributed by atoms with Gasteiger partial charge in [0.05, 0.1) is 13.2 Å². The second-order valence-electron chi connectivity index (χ2n) is 4.59. The molecular weight excluding hydrogens is 292 g/mol. The Bertz CT molecular complexity index is 661. The summed E-state index contributed by atoms with van der Waals surface area (Å²) in [6.07, 6.45) is 0. The Morgan fingerprint density at radius 1 is 1.24 bits per heavy atom. The van der Waals surface area contributed by atoms with Crippen LogP contribution in [0.3, 0.4) is 0 Å². The van der Waals surface area contributed by atoms with E-state index in [1.165, 1.54) is 0 Å². The highest BCUT2D eigenvalue weighted by Gasteiger charge is 2.23. The van der Waals surface area contributed by atoms with E-state index in [-0.39, 0.29) is 23.8 Å². The Kier molecular flexibility index (Phi) is 5.11. The molecule has 0 radical (unpaired) electrons. The van der Waals surface area contributed by atoms with Crippen LogP contribution in [0.15, 0.2) is 39.8 Å². The van der Waals surface area contributed by atoms with E-state index in [2.05, 4.69) is 9.88 Å². The molecule has 6 nitrogen and oxygen atoms in total. The first-order valence-electron chi connectivity index (χ1n) is 6.55. The maximum atomic E-state index is 12.1. The zero-order chi connectivity index (χ0) is 15.3. The van der Waals surface area contributed by atoms with Crippen LogP contribution < -0.4 is 4.72 Å². The lowest BCUT2D eigenvalue weighted by Crippen LogP contribution is -2.28. The predicted molar refractivity (Wildman–Crippen MR) is 77.3 cm³/mol. The first-order chi connectivity index (χ1) is 10.0. The molecule has 0 atom stereocenters. The Balaban J connectivity index is 1.81. The third kappa shape index (κ3) is 4.13. The van der Waals surface area contributed by atoms with Gasteiger partial charge in [-0.25, -0.2) is 13.1 Å².